The van der Waals surface area contributed by atoms with Crippen LogP contribution in [-0.2, 0) is 6.42 Å². The molecule has 0 radical (unpaired) electrons. The van der Waals surface area contributed by atoms with Gasteiger partial charge in [0.2, 0.25) is 0 Å². The van der Waals surface area contributed by atoms with Crippen molar-refractivity contribution < 1.29 is 0 Å². The Kier molecular flexibility index (Phi) is 5.45. The summed E-state index contributed by atoms with van der Waals surface area (Å²) >= 11 is 0. The van der Waals surface area contributed by atoms with Crippen LogP contribution in [0.3, 0.4) is 0 Å². The minimum Gasteiger partial charge on any atom is -0.271 e. The molecule has 1 atom stereocenters. The minimum absolute atomic E-state index is 0.411. The summed E-state index contributed by atoms with van der Waals surface area (Å²) in [6.45, 7) is 9.27. The van der Waals surface area contributed by atoms with Gasteiger partial charge >= 0.3 is 0 Å². The van der Waals surface area contributed by atoms with Gasteiger partial charge in [0.1, 0.15) is 0 Å². The molecule has 1 aromatic rings. The van der Waals surface area contributed by atoms with E-state index in [-0.39, 0.29) is 0 Å². The molecule has 2 rings (SSSR count). The van der Waals surface area contributed by atoms with Crippen molar-refractivity contribution in [2.45, 2.75) is 65.8 Å². The molecule has 0 amide bonds. The third-order valence-electron chi connectivity index (χ3n) is 5.36. The third kappa shape index (κ3) is 4.55. The first-order chi connectivity index (χ1) is 9.90. The molecule has 21 heavy (non-hydrogen) atoms. The topological polar surface area (TPSA) is 38.0 Å². The van der Waals surface area contributed by atoms with Crippen LogP contribution in [0, 0.1) is 24.2 Å². The molecule has 0 bridgehead atoms. The van der Waals surface area contributed by atoms with E-state index in [0.29, 0.717) is 11.5 Å². The molecule has 1 aromatic carbocycles. The number of hydrogen-bond donors (Lipinski definition) is 2. The first-order valence-corrected chi connectivity index (χ1v) is 8.42. The van der Waals surface area contributed by atoms with Crippen molar-refractivity contribution in [3.63, 3.8) is 0 Å². The summed E-state index contributed by atoms with van der Waals surface area (Å²) in [5, 5.41) is 0. The van der Waals surface area contributed by atoms with E-state index < -0.39 is 0 Å². The Bertz CT molecular complexity index is 422. The average Bonchev–Trinajstić information content (AvgIpc) is 2.46. The van der Waals surface area contributed by atoms with Crippen LogP contribution in [0.5, 0.6) is 0 Å². The molecule has 1 aliphatic rings. The van der Waals surface area contributed by atoms with Crippen LogP contribution >= 0.6 is 0 Å². The van der Waals surface area contributed by atoms with Crippen molar-refractivity contribution in [2.24, 2.45) is 23.1 Å². The molecule has 1 unspecified atom stereocenters. The smallest absolute Gasteiger partial charge is 0.0279 e. The van der Waals surface area contributed by atoms with E-state index in [1.807, 2.05) is 0 Å². The van der Waals surface area contributed by atoms with E-state index in [2.05, 4.69) is 57.4 Å². The molecule has 2 heteroatoms. The molecule has 0 spiro atoms. The maximum Gasteiger partial charge on any atom is 0.0279 e. The zero-order chi connectivity index (χ0) is 15.5. The third-order valence-corrected chi connectivity index (χ3v) is 5.36. The quantitative estimate of drug-likeness (QED) is 0.643. The van der Waals surface area contributed by atoms with Crippen molar-refractivity contribution in [3.8, 4) is 0 Å². The second-order valence-electron chi connectivity index (χ2n) is 7.94. The maximum absolute atomic E-state index is 5.85. The van der Waals surface area contributed by atoms with Crippen molar-refractivity contribution in [1.29, 1.82) is 0 Å². The molecule has 1 aliphatic carbocycles. The van der Waals surface area contributed by atoms with Crippen LogP contribution in [0.1, 0.15) is 57.6 Å². The lowest BCUT2D eigenvalue weighted by atomic mass is 9.68. The molecule has 0 aromatic heterocycles. The molecule has 1 fully saturated rings. The van der Waals surface area contributed by atoms with Crippen LogP contribution in [0.15, 0.2) is 24.3 Å². The standard InChI is InChI=1S/C19H32N2/c1-14-5-7-15(8-6-14)13-18(21-20)16-9-11-17(12-10-16)19(2,3)4/h5-8,16-18,21H,9-13,20H2,1-4H3. The number of hydrogen-bond acceptors (Lipinski definition) is 2. The van der Waals surface area contributed by atoms with Gasteiger partial charge in [-0.1, -0.05) is 50.6 Å². The predicted octanol–water partition coefficient (Wildman–Crippen LogP) is 4.22. The van der Waals surface area contributed by atoms with Crippen LogP contribution < -0.4 is 11.3 Å². The molecule has 1 saturated carbocycles. The first kappa shape index (κ1) is 16.5. The lowest BCUT2D eigenvalue weighted by molar-refractivity contribution is 0.132. The fraction of sp³-hybridized carbons (Fsp3) is 0.684. The monoisotopic (exact) mass is 288 g/mol. The maximum atomic E-state index is 5.85. The second kappa shape index (κ2) is 6.93. The summed E-state index contributed by atoms with van der Waals surface area (Å²) in [6, 6.07) is 9.27. The lowest BCUT2D eigenvalue weighted by Gasteiger charge is -2.39. The zero-order valence-corrected chi connectivity index (χ0v) is 14.2. The molecular weight excluding hydrogens is 256 g/mol. The fourth-order valence-electron chi connectivity index (χ4n) is 3.73. The number of rotatable bonds is 4. The van der Waals surface area contributed by atoms with E-state index in [0.717, 1.165) is 18.3 Å². The van der Waals surface area contributed by atoms with Gasteiger partial charge < -0.3 is 0 Å². The second-order valence-corrected chi connectivity index (χ2v) is 7.94. The van der Waals surface area contributed by atoms with E-state index in [9.17, 15) is 0 Å². The predicted molar refractivity (Wildman–Crippen MR) is 90.9 cm³/mol. The van der Waals surface area contributed by atoms with Gasteiger partial charge in [-0.3, -0.25) is 11.3 Å². The number of aryl methyl sites for hydroxylation is 1. The van der Waals surface area contributed by atoms with Crippen molar-refractivity contribution in [1.82, 2.24) is 5.43 Å². The highest BCUT2D eigenvalue weighted by Crippen LogP contribution is 2.40. The highest BCUT2D eigenvalue weighted by molar-refractivity contribution is 5.22. The molecule has 118 valence electrons. The van der Waals surface area contributed by atoms with E-state index in [1.165, 1.54) is 36.8 Å². The van der Waals surface area contributed by atoms with Gasteiger partial charge in [0.15, 0.2) is 0 Å². The Morgan fingerprint density at radius 3 is 2.14 bits per heavy atom. The summed E-state index contributed by atoms with van der Waals surface area (Å²) in [5.74, 6) is 7.44. The molecule has 0 aliphatic heterocycles. The fourth-order valence-corrected chi connectivity index (χ4v) is 3.73. The zero-order valence-electron chi connectivity index (χ0n) is 14.2. The summed E-state index contributed by atoms with van der Waals surface area (Å²) < 4.78 is 0. The van der Waals surface area contributed by atoms with Crippen LogP contribution in [0.25, 0.3) is 0 Å². The summed E-state index contributed by atoms with van der Waals surface area (Å²) in [4.78, 5) is 0. The van der Waals surface area contributed by atoms with Crippen molar-refractivity contribution >= 4 is 0 Å². The Hall–Kier alpha value is -0.860. The summed E-state index contributed by atoms with van der Waals surface area (Å²) in [7, 11) is 0. The van der Waals surface area contributed by atoms with Crippen molar-refractivity contribution in [3.05, 3.63) is 35.4 Å². The summed E-state index contributed by atoms with van der Waals surface area (Å²) in [6.07, 6.45) is 6.35. The largest absolute Gasteiger partial charge is 0.271 e. The highest BCUT2D eigenvalue weighted by atomic mass is 15.2. The Morgan fingerprint density at radius 2 is 1.67 bits per heavy atom. The number of nitrogens with one attached hydrogen (secondary N) is 1. The van der Waals surface area contributed by atoms with Gasteiger partial charge in [0.25, 0.3) is 0 Å². The normalized spacial score (nSPS) is 24.8. The van der Waals surface area contributed by atoms with E-state index in [1.54, 1.807) is 0 Å². The summed E-state index contributed by atoms with van der Waals surface area (Å²) in [5.41, 5.74) is 6.25. The minimum atomic E-state index is 0.411. The Balaban J connectivity index is 1.92. The van der Waals surface area contributed by atoms with Crippen molar-refractivity contribution in [2.75, 3.05) is 0 Å². The first-order valence-electron chi connectivity index (χ1n) is 8.42. The number of nitrogens with two attached hydrogens (primary N) is 1. The van der Waals surface area contributed by atoms with Crippen LogP contribution in [0.4, 0.5) is 0 Å². The van der Waals surface area contributed by atoms with Gasteiger partial charge in [-0.15, -0.1) is 0 Å². The molecule has 3 N–H and O–H groups in total. The highest BCUT2D eigenvalue weighted by Gasteiger charge is 2.32. The Morgan fingerprint density at radius 1 is 1.10 bits per heavy atom. The van der Waals surface area contributed by atoms with E-state index in [4.69, 9.17) is 5.84 Å². The van der Waals surface area contributed by atoms with E-state index >= 15 is 0 Å². The van der Waals surface area contributed by atoms with Crippen LogP contribution in [0.2, 0.25) is 0 Å². The SMILES string of the molecule is Cc1ccc(CC(NN)C2CCC(C(C)(C)C)CC2)cc1. The molecule has 0 saturated heterocycles. The van der Waals surface area contributed by atoms with Gasteiger partial charge in [0.05, 0.1) is 0 Å². The molecular formula is C19H32N2. The number of benzene rings is 1. The molecule has 2 nitrogen and oxygen atoms in total. The van der Waals surface area contributed by atoms with Gasteiger partial charge in [-0.05, 0) is 61.8 Å². The number of hydrazine groups is 1. The van der Waals surface area contributed by atoms with Gasteiger partial charge in [-0.25, -0.2) is 0 Å². The van der Waals surface area contributed by atoms with Gasteiger partial charge in [-0.2, -0.15) is 0 Å². The lowest BCUT2D eigenvalue weighted by Crippen LogP contribution is -2.44. The Labute approximate surface area is 130 Å². The average molecular weight is 288 g/mol. The van der Waals surface area contributed by atoms with Gasteiger partial charge in [0, 0.05) is 6.04 Å². The van der Waals surface area contributed by atoms with Crippen LogP contribution in [-0.4, -0.2) is 6.04 Å². The molecule has 0 heterocycles.